The summed E-state index contributed by atoms with van der Waals surface area (Å²) < 4.78 is 0. The minimum absolute atomic E-state index is 0.336. The first-order valence-electron chi connectivity index (χ1n) is 8.39. The van der Waals surface area contributed by atoms with E-state index in [0.717, 1.165) is 5.56 Å². The number of anilines is 2. The molecule has 0 atom stereocenters. The number of aromatic nitrogens is 2. The summed E-state index contributed by atoms with van der Waals surface area (Å²) in [5.41, 5.74) is 4.97. The third kappa shape index (κ3) is 4.46. The average molecular weight is 360 g/mol. The first kappa shape index (κ1) is 18.1. The molecule has 4 N–H and O–H groups in total. The Kier molecular flexibility index (Phi) is 5.41. The lowest BCUT2D eigenvalue weighted by molar-refractivity contribution is 0.262. The van der Waals surface area contributed by atoms with Gasteiger partial charge in [-0.25, -0.2) is 9.78 Å². The van der Waals surface area contributed by atoms with Gasteiger partial charge in [0.05, 0.1) is 22.9 Å². The zero-order valence-corrected chi connectivity index (χ0v) is 15.1. The summed E-state index contributed by atoms with van der Waals surface area (Å²) in [5, 5.41) is 16.0. The van der Waals surface area contributed by atoms with Crippen LogP contribution in [0.5, 0.6) is 0 Å². The van der Waals surface area contributed by atoms with Crippen molar-refractivity contribution < 1.29 is 4.79 Å². The fourth-order valence-corrected chi connectivity index (χ4v) is 2.50. The predicted molar refractivity (Wildman–Crippen MR) is 109 cm³/mol. The Morgan fingerprint density at radius 1 is 1.04 bits per heavy atom. The standard InChI is InChI=1S/C20H20N6O/c1-13-3-5-15(6-4-13)24-20(27)25-16-7-8-17-18(9-16)26-19(12-23-17)14(10-21)11-22-2/h3-12,21-22H,1-2H3,(H2,24,25,27)/b14-11+,21-10?. The van der Waals surface area contributed by atoms with E-state index in [1.807, 2.05) is 31.2 Å². The Hall–Kier alpha value is -3.74. The molecule has 0 aliphatic rings. The van der Waals surface area contributed by atoms with Crippen molar-refractivity contribution in [1.29, 1.82) is 5.41 Å². The lowest BCUT2D eigenvalue weighted by Crippen LogP contribution is -2.19. The Morgan fingerprint density at radius 2 is 1.74 bits per heavy atom. The van der Waals surface area contributed by atoms with E-state index in [4.69, 9.17) is 5.41 Å². The molecule has 2 aromatic carbocycles. The van der Waals surface area contributed by atoms with Crippen molar-refractivity contribution >= 4 is 40.2 Å². The van der Waals surface area contributed by atoms with Crippen LogP contribution < -0.4 is 16.0 Å². The lowest BCUT2D eigenvalue weighted by atomic mass is 10.2. The molecule has 7 nitrogen and oxygen atoms in total. The van der Waals surface area contributed by atoms with Crippen LogP contribution in [0.2, 0.25) is 0 Å². The van der Waals surface area contributed by atoms with Gasteiger partial charge < -0.3 is 21.4 Å². The second kappa shape index (κ2) is 8.09. The van der Waals surface area contributed by atoms with Gasteiger partial charge >= 0.3 is 6.03 Å². The molecule has 0 saturated heterocycles. The Balaban J connectivity index is 1.80. The number of urea groups is 1. The Bertz CT molecular complexity index is 1010. The van der Waals surface area contributed by atoms with Crippen LogP contribution in [0.25, 0.3) is 16.6 Å². The van der Waals surface area contributed by atoms with Gasteiger partial charge in [0.2, 0.25) is 0 Å². The van der Waals surface area contributed by atoms with Gasteiger partial charge in [-0.05, 0) is 37.3 Å². The monoisotopic (exact) mass is 360 g/mol. The maximum Gasteiger partial charge on any atom is 0.323 e. The lowest BCUT2D eigenvalue weighted by Gasteiger charge is -2.09. The van der Waals surface area contributed by atoms with Crippen LogP contribution in [0.15, 0.2) is 54.9 Å². The van der Waals surface area contributed by atoms with Crippen molar-refractivity contribution in [3.63, 3.8) is 0 Å². The SMILES string of the molecule is CN/C=C(\C=N)c1cnc2ccc(NC(=O)Nc3ccc(C)cc3)cc2n1. The number of hydrogen-bond donors (Lipinski definition) is 4. The number of benzene rings is 2. The third-order valence-electron chi connectivity index (χ3n) is 3.86. The molecule has 0 spiro atoms. The van der Waals surface area contributed by atoms with Crippen LogP contribution in [-0.2, 0) is 0 Å². The van der Waals surface area contributed by atoms with E-state index in [-0.39, 0.29) is 6.03 Å². The van der Waals surface area contributed by atoms with Gasteiger partial charge in [-0.3, -0.25) is 4.98 Å². The minimum Gasteiger partial charge on any atom is -0.393 e. The van der Waals surface area contributed by atoms with E-state index in [9.17, 15) is 4.79 Å². The highest BCUT2D eigenvalue weighted by atomic mass is 16.2. The average Bonchev–Trinajstić information content (AvgIpc) is 2.67. The molecule has 3 rings (SSSR count). The highest BCUT2D eigenvalue weighted by Gasteiger charge is 2.07. The normalized spacial score (nSPS) is 11.1. The van der Waals surface area contributed by atoms with Crippen LogP contribution in [0, 0.1) is 12.3 Å². The number of rotatable bonds is 5. The molecule has 0 aliphatic carbocycles. The van der Waals surface area contributed by atoms with Gasteiger partial charge in [0.25, 0.3) is 0 Å². The number of carbonyl (C=O) groups is 1. The summed E-state index contributed by atoms with van der Waals surface area (Å²) in [6, 6.07) is 12.5. The molecule has 2 amide bonds. The third-order valence-corrected chi connectivity index (χ3v) is 3.86. The summed E-state index contributed by atoms with van der Waals surface area (Å²) in [5.74, 6) is 0. The van der Waals surface area contributed by atoms with E-state index in [2.05, 4.69) is 25.9 Å². The number of hydrogen-bond acceptors (Lipinski definition) is 5. The van der Waals surface area contributed by atoms with E-state index in [0.29, 0.717) is 33.7 Å². The van der Waals surface area contributed by atoms with Crippen molar-refractivity contribution in [2.75, 3.05) is 17.7 Å². The second-order valence-corrected chi connectivity index (χ2v) is 5.94. The molecular formula is C20H20N6O. The van der Waals surface area contributed by atoms with Crippen LogP contribution >= 0.6 is 0 Å². The Morgan fingerprint density at radius 3 is 2.44 bits per heavy atom. The van der Waals surface area contributed by atoms with E-state index >= 15 is 0 Å². The number of nitrogens with zero attached hydrogens (tertiary/aromatic N) is 2. The van der Waals surface area contributed by atoms with Crippen molar-refractivity contribution in [2.45, 2.75) is 6.92 Å². The zero-order valence-electron chi connectivity index (χ0n) is 15.1. The first-order valence-corrected chi connectivity index (χ1v) is 8.39. The number of nitrogens with one attached hydrogen (secondary N) is 4. The number of aryl methyl sites for hydroxylation is 1. The van der Waals surface area contributed by atoms with E-state index < -0.39 is 0 Å². The molecule has 0 saturated carbocycles. The van der Waals surface area contributed by atoms with Gasteiger partial charge in [-0.2, -0.15) is 0 Å². The molecule has 1 heterocycles. The van der Waals surface area contributed by atoms with Crippen LogP contribution in [-0.4, -0.2) is 29.3 Å². The van der Waals surface area contributed by atoms with Crippen molar-refractivity contribution in [3.8, 4) is 0 Å². The highest BCUT2D eigenvalue weighted by Crippen LogP contribution is 2.19. The summed E-state index contributed by atoms with van der Waals surface area (Å²) >= 11 is 0. The van der Waals surface area contributed by atoms with Crippen LogP contribution in [0.1, 0.15) is 11.3 Å². The molecule has 0 bridgehead atoms. The molecule has 136 valence electrons. The number of allylic oxidation sites excluding steroid dienone is 1. The molecule has 0 fully saturated rings. The minimum atomic E-state index is -0.336. The summed E-state index contributed by atoms with van der Waals surface area (Å²) in [6.07, 6.45) is 4.51. The maximum absolute atomic E-state index is 12.2. The Labute approximate surface area is 157 Å². The van der Waals surface area contributed by atoms with Gasteiger partial charge in [0.15, 0.2) is 0 Å². The number of fused-ring (bicyclic) bond motifs is 1. The fourth-order valence-electron chi connectivity index (χ4n) is 2.50. The quantitative estimate of drug-likeness (QED) is 0.520. The summed E-state index contributed by atoms with van der Waals surface area (Å²) in [4.78, 5) is 21.1. The molecule has 3 aromatic rings. The smallest absolute Gasteiger partial charge is 0.323 e. The fraction of sp³-hybridized carbons (Fsp3) is 0.100. The number of amides is 2. The maximum atomic E-state index is 12.2. The first-order chi connectivity index (χ1) is 13.1. The molecule has 0 aliphatic heterocycles. The summed E-state index contributed by atoms with van der Waals surface area (Å²) in [7, 11) is 1.76. The highest BCUT2D eigenvalue weighted by molar-refractivity contribution is 6.07. The molecule has 0 radical (unpaired) electrons. The van der Waals surface area contributed by atoms with Crippen LogP contribution in [0.3, 0.4) is 0 Å². The van der Waals surface area contributed by atoms with Gasteiger partial charge in [0, 0.05) is 36.4 Å². The molecule has 7 heteroatoms. The van der Waals surface area contributed by atoms with Crippen molar-refractivity contribution in [3.05, 3.63) is 66.1 Å². The van der Waals surface area contributed by atoms with E-state index in [1.165, 1.54) is 6.21 Å². The molecular weight excluding hydrogens is 340 g/mol. The molecule has 0 unspecified atom stereocenters. The van der Waals surface area contributed by atoms with E-state index in [1.54, 1.807) is 37.6 Å². The van der Waals surface area contributed by atoms with Crippen molar-refractivity contribution in [2.24, 2.45) is 0 Å². The molecule has 27 heavy (non-hydrogen) atoms. The van der Waals surface area contributed by atoms with Crippen molar-refractivity contribution in [1.82, 2.24) is 15.3 Å². The van der Waals surface area contributed by atoms with Crippen LogP contribution in [0.4, 0.5) is 16.2 Å². The second-order valence-electron chi connectivity index (χ2n) is 5.94. The van der Waals surface area contributed by atoms with Gasteiger partial charge in [-0.15, -0.1) is 0 Å². The topological polar surface area (TPSA) is 103 Å². The largest absolute Gasteiger partial charge is 0.393 e. The predicted octanol–water partition coefficient (Wildman–Crippen LogP) is 3.79. The summed E-state index contributed by atoms with van der Waals surface area (Å²) in [6.45, 7) is 1.99. The zero-order chi connectivity index (χ0) is 19.2. The van der Waals surface area contributed by atoms with Gasteiger partial charge in [0.1, 0.15) is 0 Å². The van der Waals surface area contributed by atoms with Gasteiger partial charge in [-0.1, -0.05) is 17.7 Å². The molecule has 1 aromatic heterocycles. The number of carbonyl (C=O) groups excluding carboxylic acids is 1.